The maximum atomic E-state index is 12.3. The van der Waals surface area contributed by atoms with Crippen LogP contribution in [0.3, 0.4) is 0 Å². The highest BCUT2D eigenvalue weighted by Crippen LogP contribution is 2.13. The molecule has 0 radical (unpaired) electrons. The summed E-state index contributed by atoms with van der Waals surface area (Å²) >= 11 is 0. The molecule has 0 saturated carbocycles. The van der Waals surface area contributed by atoms with Crippen molar-refractivity contribution in [3.05, 3.63) is 36.0 Å². The van der Waals surface area contributed by atoms with Crippen LogP contribution < -0.4 is 10.5 Å². The number of nitrogens with zero attached hydrogens (tertiary/aromatic N) is 3. The second kappa shape index (κ2) is 7.44. The normalized spacial score (nSPS) is 16.5. The van der Waals surface area contributed by atoms with Gasteiger partial charge in [0.25, 0.3) is 5.91 Å². The second-order valence-electron chi connectivity index (χ2n) is 5.48. The molecule has 128 valence electrons. The molecule has 1 aromatic rings. The van der Waals surface area contributed by atoms with Gasteiger partial charge in [0, 0.05) is 38.1 Å². The van der Waals surface area contributed by atoms with Crippen LogP contribution in [0.4, 0.5) is 5.69 Å². The van der Waals surface area contributed by atoms with E-state index in [0.29, 0.717) is 18.8 Å². The number of nitrogens with one attached hydrogen (secondary N) is 1. The van der Waals surface area contributed by atoms with E-state index >= 15 is 0 Å². The first-order valence-corrected chi connectivity index (χ1v) is 8.83. The number of carbonyl (C=O) groups is 1. The van der Waals surface area contributed by atoms with E-state index in [1.807, 2.05) is 13.1 Å². The van der Waals surface area contributed by atoms with Crippen LogP contribution in [0.25, 0.3) is 0 Å². The minimum atomic E-state index is -3.75. The molecule has 1 heterocycles. The van der Waals surface area contributed by atoms with Crippen molar-refractivity contribution in [3.63, 3.8) is 0 Å². The highest BCUT2D eigenvalue weighted by atomic mass is 32.2. The number of rotatable bonds is 4. The Morgan fingerprint density at radius 2 is 1.83 bits per heavy atom. The van der Waals surface area contributed by atoms with Crippen LogP contribution in [-0.2, 0) is 14.8 Å². The predicted molar refractivity (Wildman–Crippen MR) is 89.2 cm³/mol. The fraction of sp³-hybridized carbons (Fsp3) is 0.333. The minimum absolute atomic E-state index is 0.00456. The number of likely N-dealkylation sites (N-methyl/N-ethyl adjacent to an activating group) is 1. The number of hydrogen-bond acceptors (Lipinski definition) is 6. The Balaban J connectivity index is 2.05. The molecule has 1 aromatic carbocycles. The zero-order chi connectivity index (χ0) is 17.7. The van der Waals surface area contributed by atoms with E-state index in [1.165, 1.54) is 30.5 Å². The maximum absolute atomic E-state index is 12.3. The van der Waals surface area contributed by atoms with Crippen molar-refractivity contribution in [1.82, 2.24) is 9.80 Å². The van der Waals surface area contributed by atoms with Gasteiger partial charge in [-0.1, -0.05) is 0 Å². The van der Waals surface area contributed by atoms with Gasteiger partial charge in [-0.2, -0.15) is 5.26 Å². The molecule has 0 unspecified atom stereocenters. The van der Waals surface area contributed by atoms with Gasteiger partial charge in [-0.3, -0.25) is 4.79 Å². The Morgan fingerprint density at radius 1 is 1.25 bits per heavy atom. The predicted octanol–water partition coefficient (Wildman–Crippen LogP) is -0.0726. The molecule has 0 spiro atoms. The average Bonchev–Trinajstić information content (AvgIpc) is 2.55. The van der Waals surface area contributed by atoms with Crippen molar-refractivity contribution in [2.24, 2.45) is 5.14 Å². The molecule has 2 rings (SSSR count). The van der Waals surface area contributed by atoms with Gasteiger partial charge in [0.15, 0.2) is 0 Å². The van der Waals surface area contributed by atoms with E-state index in [-0.39, 0.29) is 16.4 Å². The second-order valence-corrected chi connectivity index (χ2v) is 7.04. The third kappa shape index (κ3) is 4.55. The van der Waals surface area contributed by atoms with E-state index in [2.05, 4.69) is 10.2 Å². The van der Waals surface area contributed by atoms with E-state index in [0.717, 1.165) is 13.1 Å². The Labute approximate surface area is 141 Å². The van der Waals surface area contributed by atoms with Crippen LogP contribution in [0, 0.1) is 11.3 Å². The molecule has 1 aliphatic rings. The Kier molecular flexibility index (Phi) is 5.56. The SMILES string of the molecule is CN1CCN(C(=O)/C(C#N)=C\Nc2ccc(S(N)(=O)=O)cc2)CC1. The molecule has 0 aromatic heterocycles. The largest absolute Gasteiger partial charge is 0.360 e. The summed E-state index contributed by atoms with van der Waals surface area (Å²) in [5.74, 6) is -0.320. The van der Waals surface area contributed by atoms with Crippen LogP contribution in [0.5, 0.6) is 0 Å². The van der Waals surface area contributed by atoms with Gasteiger partial charge in [-0.25, -0.2) is 13.6 Å². The lowest BCUT2D eigenvalue weighted by molar-refractivity contribution is -0.128. The molecular formula is C15H19N5O3S. The molecule has 1 aliphatic heterocycles. The number of amides is 1. The van der Waals surface area contributed by atoms with Gasteiger partial charge in [-0.15, -0.1) is 0 Å². The first-order chi connectivity index (χ1) is 11.3. The van der Waals surface area contributed by atoms with Crippen molar-refractivity contribution < 1.29 is 13.2 Å². The summed E-state index contributed by atoms with van der Waals surface area (Å²) in [6, 6.07) is 7.60. The summed E-state index contributed by atoms with van der Waals surface area (Å²) < 4.78 is 22.4. The first kappa shape index (κ1) is 17.9. The average molecular weight is 349 g/mol. The van der Waals surface area contributed by atoms with Crippen molar-refractivity contribution in [2.75, 3.05) is 38.5 Å². The van der Waals surface area contributed by atoms with Crippen LogP contribution in [0.2, 0.25) is 0 Å². The smallest absolute Gasteiger partial charge is 0.266 e. The number of sulfonamides is 1. The number of nitriles is 1. The highest BCUT2D eigenvalue weighted by Gasteiger charge is 2.22. The molecular weight excluding hydrogens is 330 g/mol. The Morgan fingerprint density at radius 3 is 2.33 bits per heavy atom. The quantitative estimate of drug-likeness (QED) is 0.580. The Hall–Kier alpha value is -2.41. The van der Waals surface area contributed by atoms with Gasteiger partial charge in [0.05, 0.1) is 4.90 Å². The third-order valence-electron chi connectivity index (χ3n) is 3.71. The number of anilines is 1. The van der Waals surface area contributed by atoms with E-state index in [1.54, 1.807) is 4.90 Å². The molecule has 0 atom stereocenters. The van der Waals surface area contributed by atoms with Crippen molar-refractivity contribution in [1.29, 1.82) is 5.26 Å². The van der Waals surface area contributed by atoms with E-state index < -0.39 is 10.0 Å². The fourth-order valence-corrected chi connectivity index (χ4v) is 2.73. The third-order valence-corrected chi connectivity index (χ3v) is 4.64. The lowest BCUT2D eigenvalue weighted by Gasteiger charge is -2.32. The topological polar surface area (TPSA) is 120 Å². The summed E-state index contributed by atoms with van der Waals surface area (Å²) in [5, 5.41) is 17.0. The molecule has 1 fully saturated rings. The van der Waals surface area contributed by atoms with Crippen molar-refractivity contribution >= 4 is 21.6 Å². The number of carbonyl (C=O) groups excluding carboxylic acids is 1. The lowest BCUT2D eigenvalue weighted by atomic mass is 10.2. The first-order valence-electron chi connectivity index (χ1n) is 7.29. The number of primary sulfonamides is 1. The molecule has 24 heavy (non-hydrogen) atoms. The van der Waals surface area contributed by atoms with Crippen molar-refractivity contribution in [2.45, 2.75) is 4.90 Å². The zero-order valence-electron chi connectivity index (χ0n) is 13.3. The number of nitrogens with two attached hydrogens (primary N) is 1. The van der Waals surface area contributed by atoms with Crippen LogP contribution in [0.1, 0.15) is 0 Å². The molecule has 1 amide bonds. The molecule has 3 N–H and O–H groups in total. The molecule has 9 heteroatoms. The fourth-order valence-electron chi connectivity index (χ4n) is 2.22. The van der Waals surface area contributed by atoms with E-state index in [4.69, 9.17) is 5.14 Å². The molecule has 1 saturated heterocycles. The van der Waals surface area contributed by atoms with Gasteiger partial charge in [-0.05, 0) is 31.3 Å². The minimum Gasteiger partial charge on any atom is -0.360 e. The maximum Gasteiger partial charge on any atom is 0.266 e. The van der Waals surface area contributed by atoms with Crippen LogP contribution in [-0.4, -0.2) is 57.4 Å². The van der Waals surface area contributed by atoms with Crippen LogP contribution in [0.15, 0.2) is 40.9 Å². The summed E-state index contributed by atoms with van der Waals surface area (Å²) in [5.41, 5.74) is 0.538. The summed E-state index contributed by atoms with van der Waals surface area (Å²) in [4.78, 5) is 16.1. The summed E-state index contributed by atoms with van der Waals surface area (Å²) in [6.07, 6.45) is 1.33. The Bertz CT molecular complexity index is 772. The number of hydrogen-bond donors (Lipinski definition) is 2. The summed E-state index contributed by atoms with van der Waals surface area (Å²) in [7, 11) is -1.77. The zero-order valence-corrected chi connectivity index (χ0v) is 14.1. The molecule has 8 nitrogen and oxygen atoms in total. The highest BCUT2D eigenvalue weighted by molar-refractivity contribution is 7.89. The summed E-state index contributed by atoms with van der Waals surface area (Å²) in [6.45, 7) is 2.70. The van der Waals surface area contributed by atoms with Gasteiger partial charge >= 0.3 is 0 Å². The molecule has 0 aliphatic carbocycles. The number of piperazine rings is 1. The van der Waals surface area contributed by atoms with E-state index in [9.17, 15) is 18.5 Å². The van der Waals surface area contributed by atoms with Gasteiger partial charge in [0.2, 0.25) is 10.0 Å². The van der Waals surface area contributed by atoms with Crippen LogP contribution >= 0.6 is 0 Å². The monoisotopic (exact) mass is 349 g/mol. The number of benzene rings is 1. The van der Waals surface area contributed by atoms with Gasteiger partial charge in [0.1, 0.15) is 11.6 Å². The molecule has 0 bridgehead atoms. The lowest BCUT2D eigenvalue weighted by Crippen LogP contribution is -2.47. The van der Waals surface area contributed by atoms with Crippen molar-refractivity contribution in [3.8, 4) is 6.07 Å². The standard InChI is InChI=1S/C15H19N5O3S/c1-19-6-8-20(9-7-19)15(21)12(10-16)11-18-13-2-4-14(5-3-13)24(17,22)23/h2-5,11,18H,6-9H2,1H3,(H2,17,22,23)/b12-11-. The van der Waals surface area contributed by atoms with Gasteiger partial charge < -0.3 is 15.1 Å².